The van der Waals surface area contributed by atoms with E-state index in [9.17, 15) is 0 Å². The zero-order valence-electron chi connectivity index (χ0n) is 13.5. The van der Waals surface area contributed by atoms with Crippen molar-refractivity contribution in [3.8, 4) is 11.3 Å². The van der Waals surface area contributed by atoms with Gasteiger partial charge in [0.2, 0.25) is 10.1 Å². The molecule has 24 heavy (non-hydrogen) atoms. The van der Waals surface area contributed by atoms with E-state index in [-0.39, 0.29) is 0 Å². The fraction of sp³-hybridized carbons (Fsp3) is 0.412. The van der Waals surface area contributed by atoms with Gasteiger partial charge in [0.05, 0.1) is 25.1 Å². The number of nitrogens with one attached hydrogen (secondary N) is 1. The summed E-state index contributed by atoms with van der Waals surface area (Å²) in [4.78, 5) is 8.03. The normalized spacial score (nSPS) is 15.8. The first-order valence-corrected chi connectivity index (χ1v) is 9.16. The van der Waals surface area contributed by atoms with Crippen molar-refractivity contribution in [3.63, 3.8) is 0 Å². The van der Waals surface area contributed by atoms with Crippen molar-refractivity contribution in [3.05, 3.63) is 36.5 Å². The minimum atomic E-state index is 0.862. The van der Waals surface area contributed by atoms with E-state index in [1.54, 1.807) is 11.3 Å². The summed E-state index contributed by atoms with van der Waals surface area (Å²) in [6.45, 7) is 5.86. The SMILES string of the molecule is c1ccc(-c2cn3nc(NCCCN4CCOCC4)sc3n2)cc1. The Labute approximate surface area is 145 Å². The lowest BCUT2D eigenvalue weighted by molar-refractivity contribution is 0.0378. The third-order valence-electron chi connectivity index (χ3n) is 4.14. The molecule has 126 valence electrons. The second-order valence-corrected chi connectivity index (χ2v) is 6.82. The molecule has 1 aliphatic heterocycles. The molecule has 4 rings (SSSR count). The van der Waals surface area contributed by atoms with Crippen molar-refractivity contribution in [1.82, 2.24) is 19.5 Å². The van der Waals surface area contributed by atoms with Crippen LogP contribution in [-0.4, -0.2) is 58.9 Å². The molecule has 6 nitrogen and oxygen atoms in total. The van der Waals surface area contributed by atoms with Crippen LogP contribution in [0.25, 0.3) is 16.2 Å². The van der Waals surface area contributed by atoms with Crippen molar-refractivity contribution < 1.29 is 4.74 Å². The van der Waals surface area contributed by atoms with E-state index in [0.29, 0.717) is 0 Å². The summed E-state index contributed by atoms with van der Waals surface area (Å²) in [6, 6.07) is 10.2. The Morgan fingerprint density at radius 3 is 2.79 bits per heavy atom. The lowest BCUT2D eigenvalue weighted by Gasteiger charge is -2.26. The van der Waals surface area contributed by atoms with E-state index in [1.807, 2.05) is 28.9 Å². The van der Waals surface area contributed by atoms with Crippen LogP contribution in [0.4, 0.5) is 5.13 Å². The monoisotopic (exact) mass is 343 g/mol. The van der Waals surface area contributed by atoms with Crippen LogP contribution in [0.3, 0.4) is 0 Å². The van der Waals surface area contributed by atoms with Gasteiger partial charge in [-0.05, 0) is 13.0 Å². The minimum absolute atomic E-state index is 0.862. The van der Waals surface area contributed by atoms with Gasteiger partial charge in [-0.3, -0.25) is 4.90 Å². The highest BCUT2D eigenvalue weighted by Crippen LogP contribution is 2.24. The Morgan fingerprint density at radius 2 is 2.00 bits per heavy atom. The number of hydrogen-bond donors (Lipinski definition) is 1. The smallest absolute Gasteiger partial charge is 0.214 e. The van der Waals surface area contributed by atoms with Crippen LogP contribution in [0.2, 0.25) is 0 Å². The summed E-state index contributed by atoms with van der Waals surface area (Å²) in [5, 5.41) is 8.91. The maximum atomic E-state index is 5.37. The number of ether oxygens (including phenoxy) is 1. The Bertz CT molecular complexity index is 747. The van der Waals surface area contributed by atoms with E-state index in [4.69, 9.17) is 4.74 Å². The highest BCUT2D eigenvalue weighted by molar-refractivity contribution is 7.20. The lowest BCUT2D eigenvalue weighted by atomic mass is 10.2. The average molecular weight is 343 g/mol. The van der Waals surface area contributed by atoms with Crippen LogP contribution in [0, 0.1) is 0 Å². The number of benzene rings is 1. The van der Waals surface area contributed by atoms with Gasteiger partial charge < -0.3 is 10.1 Å². The third-order valence-corrected chi connectivity index (χ3v) is 5.02. The van der Waals surface area contributed by atoms with Gasteiger partial charge in [0.1, 0.15) is 0 Å². The quantitative estimate of drug-likeness (QED) is 0.697. The summed E-state index contributed by atoms with van der Waals surface area (Å²) in [5.41, 5.74) is 2.09. The molecule has 0 spiro atoms. The summed E-state index contributed by atoms with van der Waals surface area (Å²) < 4.78 is 7.22. The van der Waals surface area contributed by atoms with Gasteiger partial charge in [-0.1, -0.05) is 41.7 Å². The van der Waals surface area contributed by atoms with Gasteiger partial charge in [-0.2, -0.15) is 0 Å². The van der Waals surface area contributed by atoms with E-state index in [1.165, 1.54) is 0 Å². The number of morpholine rings is 1. The van der Waals surface area contributed by atoms with Crippen molar-refractivity contribution in [2.24, 2.45) is 0 Å². The molecular weight excluding hydrogens is 322 g/mol. The molecule has 0 unspecified atom stereocenters. The second kappa shape index (κ2) is 7.29. The molecule has 0 saturated carbocycles. The highest BCUT2D eigenvalue weighted by Gasteiger charge is 2.11. The number of imidazole rings is 1. The highest BCUT2D eigenvalue weighted by atomic mass is 32.1. The minimum Gasteiger partial charge on any atom is -0.379 e. The largest absolute Gasteiger partial charge is 0.379 e. The summed E-state index contributed by atoms with van der Waals surface area (Å²) >= 11 is 1.59. The number of anilines is 1. The average Bonchev–Trinajstić information content (AvgIpc) is 3.19. The van der Waals surface area contributed by atoms with Crippen LogP contribution in [-0.2, 0) is 4.74 Å². The Balaban J connectivity index is 1.31. The van der Waals surface area contributed by atoms with Gasteiger partial charge in [-0.15, -0.1) is 5.10 Å². The zero-order chi connectivity index (χ0) is 16.2. The molecule has 1 aromatic carbocycles. The van der Waals surface area contributed by atoms with Gasteiger partial charge in [0.15, 0.2) is 0 Å². The van der Waals surface area contributed by atoms with Gasteiger partial charge in [-0.25, -0.2) is 9.50 Å². The molecule has 3 heterocycles. The lowest BCUT2D eigenvalue weighted by Crippen LogP contribution is -2.37. The maximum absolute atomic E-state index is 5.37. The number of rotatable bonds is 6. The molecule has 2 aromatic heterocycles. The molecule has 0 bridgehead atoms. The third kappa shape index (κ3) is 3.58. The van der Waals surface area contributed by atoms with Crippen LogP contribution < -0.4 is 5.32 Å². The first-order valence-electron chi connectivity index (χ1n) is 8.34. The molecule has 0 atom stereocenters. The van der Waals surface area contributed by atoms with E-state index < -0.39 is 0 Å². The first-order chi connectivity index (χ1) is 11.9. The second-order valence-electron chi connectivity index (χ2n) is 5.86. The fourth-order valence-corrected chi connectivity index (χ4v) is 3.65. The van der Waals surface area contributed by atoms with E-state index >= 15 is 0 Å². The number of aromatic nitrogens is 3. The maximum Gasteiger partial charge on any atom is 0.214 e. The predicted molar refractivity (Wildman–Crippen MR) is 96.7 cm³/mol. The summed E-state index contributed by atoms with van der Waals surface area (Å²) in [6.07, 6.45) is 3.09. The molecule has 0 aliphatic carbocycles. The van der Waals surface area contributed by atoms with Crippen LogP contribution in [0.15, 0.2) is 36.5 Å². The van der Waals surface area contributed by atoms with Crippen molar-refractivity contribution in [2.45, 2.75) is 6.42 Å². The molecule has 0 amide bonds. The van der Waals surface area contributed by atoms with Crippen molar-refractivity contribution >= 4 is 21.4 Å². The van der Waals surface area contributed by atoms with E-state index in [2.05, 4.69) is 32.4 Å². The zero-order valence-corrected chi connectivity index (χ0v) is 14.3. The van der Waals surface area contributed by atoms with Crippen LogP contribution in [0.5, 0.6) is 0 Å². The first kappa shape index (κ1) is 15.6. The van der Waals surface area contributed by atoms with E-state index in [0.717, 1.165) is 67.2 Å². The Kier molecular flexibility index (Phi) is 4.73. The number of fused-ring (bicyclic) bond motifs is 1. The summed E-state index contributed by atoms with van der Waals surface area (Å²) in [5.74, 6) is 0. The molecule has 1 saturated heterocycles. The van der Waals surface area contributed by atoms with Crippen LogP contribution in [0.1, 0.15) is 6.42 Å². The number of hydrogen-bond acceptors (Lipinski definition) is 6. The molecule has 1 aliphatic rings. The van der Waals surface area contributed by atoms with Gasteiger partial charge in [0.25, 0.3) is 0 Å². The number of nitrogens with zero attached hydrogens (tertiary/aromatic N) is 4. The molecule has 3 aromatic rings. The fourth-order valence-electron chi connectivity index (χ4n) is 2.84. The predicted octanol–water partition coefficient (Wildman–Crippen LogP) is 2.59. The van der Waals surface area contributed by atoms with Gasteiger partial charge in [0, 0.05) is 25.2 Å². The molecular formula is C17H21N5OS. The Hall–Kier alpha value is -1.96. The topological polar surface area (TPSA) is 54.7 Å². The van der Waals surface area contributed by atoms with Crippen LogP contribution >= 0.6 is 11.3 Å². The van der Waals surface area contributed by atoms with Crippen molar-refractivity contribution in [2.75, 3.05) is 44.7 Å². The molecule has 1 fully saturated rings. The Morgan fingerprint density at radius 1 is 1.17 bits per heavy atom. The summed E-state index contributed by atoms with van der Waals surface area (Å²) in [7, 11) is 0. The molecule has 7 heteroatoms. The van der Waals surface area contributed by atoms with Gasteiger partial charge >= 0.3 is 0 Å². The molecule has 0 radical (unpaired) electrons. The standard InChI is InChI=1S/C17H21N5OS/c1-2-5-14(6-3-1)15-13-22-17(19-15)24-16(20-22)18-7-4-8-21-9-11-23-12-10-21/h1-3,5-6,13H,4,7-12H2,(H,18,20). The van der Waals surface area contributed by atoms with Crippen molar-refractivity contribution in [1.29, 1.82) is 0 Å². The molecule has 1 N–H and O–H groups in total.